The highest BCUT2D eigenvalue weighted by atomic mass is 14.7. The van der Waals surface area contributed by atoms with Crippen molar-refractivity contribution in [2.24, 2.45) is 0 Å². The molecule has 0 saturated heterocycles. The van der Waals surface area contributed by atoms with Gasteiger partial charge in [0.05, 0.1) is 11.2 Å². The van der Waals surface area contributed by atoms with Gasteiger partial charge in [-0.1, -0.05) is 17.2 Å². The van der Waals surface area contributed by atoms with Gasteiger partial charge in [-0.3, -0.25) is 0 Å². The first-order valence-corrected chi connectivity index (χ1v) is 7.41. The van der Waals surface area contributed by atoms with Crippen molar-refractivity contribution < 1.29 is 0 Å². The molecule has 3 aromatic rings. The van der Waals surface area contributed by atoms with E-state index in [-0.39, 0.29) is 0 Å². The third kappa shape index (κ3) is 2.56. The van der Waals surface area contributed by atoms with Crippen LogP contribution >= 0.6 is 0 Å². The molecule has 0 bridgehead atoms. The van der Waals surface area contributed by atoms with Crippen LogP contribution < -0.4 is 0 Å². The van der Waals surface area contributed by atoms with Gasteiger partial charge in [0.15, 0.2) is 0 Å². The smallest absolute Gasteiger partial charge is 0.0715 e. The third-order valence-corrected chi connectivity index (χ3v) is 4.15. The summed E-state index contributed by atoms with van der Waals surface area (Å²) in [5, 5.41) is 1.26. The molecule has 0 N–H and O–H groups in total. The van der Waals surface area contributed by atoms with Gasteiger partial charge in [0.1, 0.15) is 0 Å². The Bertz CT molecular complexity index is 824. The van der Waals surface area contributed by atoms with Crippen LogP contribution in [-0.4, -0.2) is 4.98 Å². The van der Waals surface area contributed by atoms with Crippen LogP contribution in [0.25, 0.3) is 22.2 Å². The minimum absolute atomic E-state index is 1.06. The topological polar surface area (TPSA) is 12.9 Å². The number of aromatic nitrogens is 1. The molecule has 0 aliphatic heterocycles. The van der Waals surface area contributed by atoms with E-state index in [0.717, 1.165) is 11.2 Å². The van der Waals surface area contributed by atoms with E-state index in [2.05, 4.69) is 71.0 Å². The summed E-state index contributed by atoms with van der Waals surface area (Å²) in [6.07, 6.45) is 0. The summed E-state index contributed by atoms with van der Waals surface area (Å²) < 4.78 is 0. The fourth-order valence-electron chi connectivity index (χ4n) is 2.92. The maximum Gasteiger partial charge on any atom is 0.0715 e. The number of fused-ring (bicyclic) bond motifs is 1. The molecule has 1 heterocycles. The second-order valence-electron chi connectivity index (χ2n) is 6.15. The molecule has 0 saturated carbocycles. The summed E-state index contributed by atoms with van der Waals surface area (Å²) in [6, 6.07) is 13.3. The van der Waals surface area contributed by atoms with Crippen molar-refractivity contribution in [2.75, 3.05) is 0 Å². The molecular formula is C20H21N. The number of rotatable bonds is 1. The first-order chi connectivity index (χ1) is 9.94. The molecule has 0 radical (unpaired) electrons. The van der Waals surface area contributed by atoms with Crippen LogP contribution in [0, 0.1) is 34.6 Å². The van der Waals surface area contributed by atoms with Gasteiger partial charge in [0.2, 0.25) is 0 Å². The Hall–Kier alpha value is -2.15. The quantitative estimate of drug-likeness (QED) is 0.576. The number of aryl methyl sites for hydroxylation is 5. The van der Waals surface area contributed by atoms with Crippen LogP contribution in [0.3, 0.4) is 0 Å². The van der Waals surface area contributed by atoms with E-state index in [0.29, 0.717) is 0 Å². The van der Waals surface area contributed by atoms with E-state index >= 15 is 0 Å². The Labute approximate surface area is 126 Å². The fourth-order valence-corrected chi connectivity index (χ4v) is 2.92. The number of nitrogens with zero attached hydrogens (tertiary/aromatic N) is 1. The SMILES string of the molecule is Cc1cc(C)cc(-c2cc(C)c3cc(C)c(C)cc3n2)c1. The van der Waals surface area contributed by atoms with Crippen molar-refractivity contribution in [1.82, 2.24) is 4.98 Å². The molecule has 1 aromatic heterocycles. The molecule has 0 spiro atoms. The van der Waals surface area contributed by atoms with Crippen LogP contribution in [0.5, 0.6) is 0 Å². The number of hydrogen-bond acceptors (Lipinski definition) is 1. The Morgan fingerprint density at radius 3 is 1.90 bits per heavy atom. The summed E-state index contributed by atoms with van der Waals surface area (Å²) in [7, 11) is 0. The minimum atomic E-state index is 1.06. The van der Waals surface area contributed by atoms with Crippen LogP contribution in [0.2, 0.25) is 0 Å². The summed E-state index contributed by atoms with van der Waals surface area (Å²) in [5.41, 5.74) is 9.84. The van der Waals surface area contributed by atoms with Gasteiger partial charge in [0.25, 0.3) is 0 Å². The highest BCUT2D eigenvalue weighted by Crippen LogP contribution is 2.27. The van der Waals surface area contributed by atoms with E-state index in [1.165, 1.54) is 38.8 Å². The van der Waals surface area contributed by atoms with Crippen LogP contribution in [0.1, 0.15) is 27.8 Å². The van der Waals surface area contributed by atoms with Crippen molar-refractivity contribution in [1.29, 1.82) is 0 Å². The predicted molar refractivity (Wildman–Crippen MR) is 90.9 cm³/mol. The van der Waals surface area contributed by atoms with Crippen molar-refractivity contribution in [3.8, 4) is 11.3 Å². The van der Waals surface area contributed by atoms with Gasteiger partial charge < -0.3 is 0 Å². The van der Waals surface area contributed by atoms with Gasteiger partial charge in [0, 0.05) is 10.9 Å². The van der Waals surface area contributed by atoms with Gasteiger partial charge in [-0.05, 0) is 81.6 Å². The zero-order valence-electron chi connectivity index (χ0n) is 13.4. The minimum Gasteiger partial charge on any atom is -0.248 e. The fraction of sp³-hybridized carbons (Fsp3) is 0.250. The summed E-state index contributed by atoms with van der Waals surface area (Å²) in [6.45, 7) is 10.8. The molecule has 0 aliphatic carbocycles. The zero-order chi connectivity index (χ0) is 15.1. The third-order valence-electron chi connectivity index (χ3n) is 4.15. The molecule has 0 amide bonds. The Morgan fingerprint density at radius 1 is 0.619 bits per heavy atom. The van der Waals surface area contributed by atoms with Crippen LogP contribution in [0.4, 0.5) is 0 Å². The van der Waals surface area contributed by atoms with Gasteiger partial charge in [-0.2, -0.15) is 0 Å². The second-order valence-corrected chi connectivity index (χ2v) is 6.15. The van der Waals surface area contributed by atoms with Crippen LogP contribution in [0.15, 0.2) is 36.4 Å². The van der Waals surface area contributed by atoms with Crippen molar-refractivity contribution >= 4 is 10.9 Å². The van der Waals surface area contributed by atoms with Crippen LogP contribution in [-0.2, 0) is 0 Å². The van der Waals surface area contributed by atoms with E-state index in [4.69, 9.17) is 4.98 Å². The largest absolute Gasteiger partial charge is 0.248 e. The lowest BCUT2D eigenvalue weighted by molar-refractivity contribution is 1.30. The first kappa shape index (κ1) is 13.8. The molecule has 0 unspecified atom stereocenters. The first-order valence-electron chi connectivity index (χ1n) is 7.41. The Balaban J connectivity index is 2.27. The number of benzene rings is 2. The standard InChI is InChI=1S/C20H21N/c1-12-6-13(2)8-17(7-12)19-11-16(5)18-9-14(3)15(4)10-20(18)21-19/h6-11H,1-5H3. The zero-order valence-corrected chi connectivity index (χ0v) is 13.4. The average molecular weight is 275 g/mol. The number of hydrogen-bond donors (Lipinski definition) is 0. The molecular weight excluding hydrogens is 254 g/mol. The molecule has 3 rings (SSSR count). The monoisotopic (exact) mass is 275 g/mol. The predicted octanol–water partition coefficient (Wildman–Crippen LogP) is 5.44. The van der Waals surface area contributed by atoms with Crippen molar-refractivity contribution in [2.45, 2.75) is 34.6 Å². The lowest BCUT2D eigenvalue weighted by Crippen LogP contribution is -1.92. The number of pyridine rings is 1. The highest BCUT2D eigenvalue weighted by molar-refractivity contribution is 5.86. The molecule has 21 heavy (non-hydrogen) atoms. The lowest BCUT2D eigenvalue weighted by Gasteiger charge is -2.10. The average Bonchev–Trinajstić information content (AvgIpc) is 2.40. The maximum absolute atomic E-state index is 4.89. The van der Waals surface area contributed by atoms with E-state index in [9.17, 15) is 0 Å². The Kier molecular flexibility index (Phi) is 3.29. The lowest BCUT2D eigenvalue weighted by atomic mass is 9.99. The van der Waals surface area contributed by atoms with E-state index in [1.807, 2.05) is 0 Å². The van der Waals surface area contributed by atoms with Gasteiger partial charge in [-0.15, -0.1) is 0 Å². The Morgan fingerprint density at radius 2 is 1.24 bits per heavy atom. The highest BCUT2D eigenvalue weighted by Gasteiger charge is 2.07. The molecule has 1 heteroatoms. The van der Waals surface area contributed by atoms with E-state index in [1.54, 1.807) is 0 Å². The summed E-state index contributed by atoms with van der Waals surface area (Å²) >= 11 is 0. The second kappa shape index (κ2) is 5.00. The van der Waals surface area contributed by atoms with Crippen molar-refractivity contribution in [3.05, 3.63) is 64.2 Å². The molecule has 106 valence electrons. The summed E-state index contributed by atoms with van der Waals surface area (Å²) in [4.78, 5) is 4.89. The molecule has 0 aliphatic rings. The molecule has 0 atom stereocenters. The van der Waals surface area contributed by atoms with Gasteiger partial charge >= 0.3 is 0 Å². The molecule has 0 fully saturated rings. The van der Waals surface area contributed by atoms with Gasteiger partial charge in [-0.25, -0.2) is 4.98 Å². The normalized spacial score (nSPS) is 11.1. The maximum atomic E-state index is 4.89. The molecule has 2 aromatic carbocycles. The summed E-state index contributed by atoms with van der Waals surface area (Å²) in [5.74, 6) is 0. The van der Waals surface area contributed by atoms with Crippen molar-refractivity contribution in [3.63, 3.8) is 0 Å². The van der Waals surface area contributed by atoms with E-state index < -0.39 is 0 Å². The molecule has 1 nitrogen and oxygen atoms in total.